The van der Waals surface area contributed by atoms with Crippen LogP contribution in [0.5, 0.6) is 0 Å². The van der Waals surface area contributed by atoms with Gasteiger partial charge in [0.2, 0.25) is 5.91 Å². The van der Waals surface area contributed by atoms with Gasteiger partial charge in [-0.3, -0.25) is 9.79 Å². The molecule has 140 valence electrons. The van der Waals surface area contributed by atoms with E-state index in [1.54, 1.807) is 19.1 Å². The SMILES string of the molecule is CN=C(NCC(=O)NCCOC)NC1CCN(C(=O)OC)CC1.I. The van der Waals surface area contributed by atoms with E-state index in [4.69, 9.17) is 9.47 Å². The van der Waals surface area contributed by atoms with Crippen LogP contribution in [0.4, 0.5) is 4.79 Å². The Morgan fingerprint density at radius 1 is 1.21 bits per heavy atom. The minimum atomic E-state index is -0.293. The predicted octanol–water partition coefficient (Wildman–Crippen LogP) is -0.237. The topological polar surface area (TPSA) is 104 Å². The second kappa shape index (κ2) is 13.0. The third-order valence-electron chi connectivity index (χ3n) is 3.54. The van der Waals surface area contributed by atoms with Crippen LogP contribution in [0, 0.1) is 0 Å². The first-order valence-corrected chi connectivity index (χ1v) is 7.66. The Morgan fingerprint density at radius 2 is 1.88 bits per heavy atom. The number of carbonyl (C=O) groups is 2. The van der Waals surface area contributed by atoms with E-state index in [0.717, 1.165) is 12.8 Å². The van der Waals surface area contributed by atoms with Gasteiger partial charge in [0.1, 0.15) is 0 Å². The van der Waals surface area contributed by atoms with Gasteiger partial charge >= 0.3 is 6.09 Å². The summed E-state index contributed by atoms with van der Waals surface area (Å²) < 4.78 is 9.57. The second-order valence-corrected chi connectivity index (χ2v) is 5.14. The molecule has 0 atom stereocenters. The Morgan fingerprint density at radius 3 is 2.42 bits per heavy atom. The van der Waals surface area contributed by atoms with E-state index in [0.29, 0.717) is 32.2 Å². The summed E-state index contributed by atoms with van der Waals surface area (Å²) >= 11 is 0. The molecule has 0 bridgehead atoms. The standard InChI is InChI=1S/C14H27N5O4.HI/c1-15-13(17-10-12(20)16-6-9-22-2)18-11-4-7-19(8-5-11)14(21)23-3;/h11H,4-10H2,1-3H3,(H,16,20)(H2,15,17,18);1H. The molecule has 0 aromatic carbocycles. The number of nitrogens with zero attached hydrogens (tertiary/aromatic N) is 2. The van der Waals surface area contributed by atoms with E-state index in [1.165, 1.54) is 7.11 Å². The van der Waals surface area contributed by atoms with Crippen LogP contribution in [0.25, 0.3) is 0 Å². The lowest BCUT2D eigenvalue weighted by Gasteiger charge is -2.32. The summed E-state index contributed by atoms with van der Waals surface area (Å²) in [5.41, 5.74) is 0. The zero-order valence-corrected chi connectivity index (χ0v) is 16.8. The Hall–Kier alpha value is -1.30. The largest absolute Gasteiger partial charge is 0.453 e. The minimum absolute atomic E-state index is 0. The maximum Gasteiger partial charge on any atom is 0.409 e. The fraction of sp³-hybridized carbons (Fsp3) is 0.786. The van der Waals surface area contributed by atoms with Gasteiger partial charge in [0.15, 0.2) is 5.96 Å². The van der Waals surface area contributed by atoms with Crippen LogP contribution < -0.4 is 16.0 Å². The molecule has 1 rings (SSSR count). The molecular formula is C14H28IN5O4. The van der Waals surface area contributed by atoms with Crippen LogP contribution in [0.2, 0.25) is 0 Å². The molecule has 0 aliphatic carbocycles. The van der Waals surface area contributed by atoms with Crippen LogP contribution in [0.1, 0.15) is 12.8 Å². The van der Waals surface area contributed by atoms with Gasteiger partial charge in [0, 0.05) is 39.8 Å². The quantitative estimate of drug-likeness (QED) is 0.220. The van der Waals surface area contributed by atoms with E-state index in [9.17, 15) is 9.59 Å². The number of carbonyl (C=O) groups excluding carboxylic acids is 2. The second-order valence-electron chi connectivity index (χ2n) is 5.14. The van der Waals surface area contributed by atoms with Crippen LogP contribution >= 0.6 is 24.0 Å². The summed E-state index contributed by atoms with van der Waals surface area (Å²) in [5, 5.41) is 8.95. The van der Waals surface area contributed by atoms with Crippen molar-refractivity contribution in [3.05, 3.63) is 0 Å². The van der Waals surface area contributed by atoms with E-state index < -0.39 is 0 Å². The van der Waals surface area contributed by atoms with Crippen molar-refractivity contribution in [3.8, 4) is 0 Å². The zero-order chi connectivity index (χ0) is 17.1. The molecule has 1 aliphatic rings. The molecule has 0 spiro atoms. The van der Waals surface area contributed by atoms with Crippen molar-refractivity contribution in [3.63, 3.8) is 0 Å². The molecule has 0 aromatic rings. The molecule has 9 nitrogen and oxygen atoms in total. The van der Waals surface area contributed by atoms with Gasteiger partial charge in [-0.05, 0) is 12.8 Å². The summed E-state index contributed by atoms with van der Waals surface area (Å²) in [6, 6.07) is 0.207. The van der Waals surface area contributed by atoms with Crippen molar-refractivity contribution in [1.82, 2.24) is 20.9 Å². The summed E-state index contributed by atoms with van der Waals surface area (Å²) in [7, 11) is 4.62. The molecule has 3 N–H and O–H groups in total. The lowest BCUT2D eigenvalue weighted by molar-refractivity contribution is -0.120. The molecule has 0 saturated carbocycles. The van der Waals surface area contributed by atoms with Crippen molar-refractivity contribution in [2.45, 2.75) is 18.9 Å². The normalized spacial score (nSPS) is 15.3. The summed E-state index contributed by atoms with van der Waals surface area (Å²) in [6.07, 6.45) is 1.31. The van der Waals surface area contributed by atoms with Crippen molar-refractivity contribution in [1.29, 1.82) is 0 Å². The fourth-order valence-electron chi connectivity index (χ4n) is 2.24. The number of likely N-dealkylation sites (tertiary alicyclic amines) is 1. The highest BCUT2D eigenvalue weighted by Crippen LogP contribution is 2.11. The van der Waals surface area contributed by atoms with Gasteiger partial charge in [-0.1, -0.05) is 0 Å². The molecular weight excluding hydrogens is 429 g/mol. The first-order valence-electron chi connectivity index (χ1n) is 7.66. The van der Waals surface area contributed by atoms with Crippen molar-refractivity contribution in [2.24, 2.45) is 4.99 Å². The molecule has 24 heavy (non-hydrogen) atoms. The molecule has 1 saturated heterocycles. The van der Waals surface area contributed by atoms with Crippen LogP contribution in [0.15, 0.2) is 4.99 Å². The van der Waals surface area contributed by atoms with Gasteiger partial charge in [0.25, 0.3) is 0 Å². The first-order chi connectivity index (χ1) is 11.1. The fourth-order valence-corrected chi connectivity index (χ4v) is 2.24. The molecule has 2 amide bonds. The number of rotatable bonds is 6. The molecule has 1 heterocycles. The van der Waals surface area contributed by atoms with Gasteiger partial charge < -0.3 is 30.3 Å². The highest BCUT2D eigenvalue weighted by atomic mass is 127. The number of halogens is 1. The first kappa shape index (κ1) is 22.7. The van der Waals surface area contributed by atoms with Crippen molar-refractivity contribution >= 4 is 41.9 Å². The third-order valence-corrected chi connectivity index (χ3v) is 3.54. The maximum atomic E-state index is 11.6. The number of guanidine groups is 1. The van der Waals surface area contributed by atoms with Gasteiger partial charge in [0.05, 0.1) is 20.3 Å². The van der Waals surface area contributed by atoms with Crippen molar-refractivity contribution in [2.75, 3.05) is 54.1 Å². The van der Waals surface area contributed by atoms with Gasteiger partial charge in [-0.25, -0.2) is 4.79 Å². The molecule has 1 aliphatic heterocycles. The summed E-state index contributed by atoms with van der Waals surface area (Å²) in [6.45, 7) is 2.38. The monoisotopic (exact) mass is 457 g/mol. The van der Waals surface area contributed by atoms with E-state index in [-0.39, 0.29) is 48.6 Å². The number of piperidine rings is 1. The number of nitrogens with one attached hydrogen (secondary N) is 3. The van der Waals surface area contributed by atoms with Crippen LogP contribution in [0.3, 0.4) is 0 Å². The lowest BCUT2D eigenvalue weighted by Crippen LogP contribution is -2.51. The number of hydrogen-bond donors (Lipinski definition) is 3. The van der Waals surface area contributed by atoms with E-state index in [1.807, 2.05) is 0 Å². The van der Waals surface area contributed by atoms with Gasteiger partial charge in [-0.2, -0.15) is 0 Å². The van der Waals surface area contributed by atoms with Crippen LogP contribution in [-0.4, -0.2) is 83.0 Å². The number of hydrogen-bond acceptors (Lipinski definition) is 5. The zero-order valence-electron chi connectivity index (χ0n) is 14.5. The highest BCUT2D eigenvalue weighted by molar-refractivity contribution is 14.0. The third kappa shape index (κ3) is 8.52. The molecule has 1 fully saturated rings. The Labute approximate surface area is 159 Å². The Balaban J connectivity index is 0.00000529. The average molecular weight is 457 g/mol. The Kier molecular flexibility index (Phi) is 12.3. The minimum Gasteiger partial charge on any atom is -0.453 e. The predicted molar refractivity (Wildman–Crippen MR) is 102 cm³/mol. The number of methoxy groups -OCH3 is 2. The Bertz CT molecular complexity index is 414. The number of aliphatic imine (C=N–C) groups is 1. The van der Waals surface area contributed by atoms with Gasteiger partial charge in [-0.15, -0.1) is 24.0 Å². The number of amides is 2. The van der Waals surface area contributed by atoms with E-state index >= 15 is 0 Å². The van der Waals surface area contributed by atoms with E-state index in [2.05, 4.69) is 20.9 Å². The summed E-state index contributed by atoms with van der Waals surface area (Å²) in [4.78, 5) is 28.8. The highest BCUT2D eigenvalue weighted by Gasteiger charge is 2.23. The molecule has 0 unspecified atom stereocenters. The number of ether oxygens (including phenoxy) is 2. The molecule has 10 heteroatoms. The lowest BCUT2D eigenvalue weighted by atomic mass is 10.1. The molecule has 0 radical (unpaired) electrons. The maximum absolute atomic E-state index is 11.6. The summed E-state index contributed by atoms with van der Waals surface area (Å²) in [5.74, 6) is 0.453. The molecule has 0 aromatic heterocycles. The smallest absolute Gasteiger partial charge is 0.409 e. The van der Waals surface area contributed by atoms with Crippen LogP contribution in [-0.2, 0) is 14.3 Å². The average Bonchev–Trinajstić information content (AvgIpc) is 2.58. The van der Waals surface area contributed by atoms with Crippen molar-refractivity contribution < 1.29 is 19.1 Å².